The van der Waals surface area contributed by atoms with Crippen molar-refractivity contribution >= 4 is 27.3 Å². The van der Waals surface area contributed by atoms with Crippen molar-refractivity contribution in [1.82, 2.24) is 9.21 Å². The quantitative estimate of drug-likeness (QED) is 0.423. The number of carbonyl (C=O) groups excluding carboxylic acids is 1. The zero-order valence-corrected chi connectivity index (χ0v) is 19.3. The maximum atomic E-state index is 13.3. The third-order valence-electron chi connectivity index (χ3n) is 4.80. The van der Waals surface area contributed by atoms with Crippen molar-refractivity contribution in [2.24, 2.45) is 0 Å². The van der Waals surface area contributed by atoms with Crippen LogP contribution in [0.5, 0.6) is 0 Å². The minimum atomic E-state index is -4.01. The highest BCUT2D eigenvalue weighted by molar-refractivity contribution is 7.89. The summed E-state index contributed by atoms with van der Waals surface area (Å²) >= 11 is 1.53. The molecule has 1 heterocycles. The molecule has 1 amide bonds. The molecule has 0 aliphatic heterocycles. The van der Waals surface area contributed by atoms with Crippen LogP contribution in [0.2, 0.25) is 0 Å². The van der Waals surface area contributed by atoms with Crippen LogP contribution in [0.4, 0.5) is 4.39 Å². The van der Waals surface area contributed by atoms with Gasteiger partial charge in [-0.25, -0.2) is 12.8 Å². The number of halogens is 1. The monoisotopic (exact) mass is 476 g/mol. The molecular weight excluding hydrogens is 451 g/mol. The predicted molar refractivity (Wildman–Crippen MR) is 122 cm³/mol. The number of benzene rings is 2. The second-order valence-electron chi connectivity index (χ2n) is 7.10. The highest BCUT2D eigenvalue weighted by Crippen LogP contribution is 2.19. The van der Waals surface area contributed by atoms with Crippen LogP contribution in [-0.2, 0) is 32.6 Å². The van der Waals surface area contributed by atoms with Crippen molar-refractivity contribution in [1.29, 1.82) is 0 Å². The molecule has 3 aromatic rings. The fourth-order valence-electron chi connectivity index (χ4n) is 3.11. The van der Waals surface area contributed by atoms with Crippen LogP contribution in [0.1, 0.15) is 10.4 Å². The maximum Gasteiger partial charge on any atom is 0.243 e. The van der Waals surface area contributed by atoms with Crippen molar-refractivity contribution < 1.29 is 22.3 Å². The number of amides is 1. The summed E-state index contributed by atoms with van der Waals surface area (Å²) in [4.78, 5) is 15.9. The Balaban J connectivity index is 1.84. The van der Waals surface area contributed by atoms with Crippen molar-refractivity contribution in [2.75, 3.05) is 26.8 Å². The van der Waals surface area contributed by atoms with Gasteiger partial charge in [-0.15, -0.1) is 11.3 Å². The average molecular weight is 477 g/mol. The number of hydrogen-bond donors (Lipinski definition) is 0. The molecule has 0 spiro atoms. The molecule has 0 N–H and O–H groups in total. The summed E-state index contributed by atoms with van der Waals surface area (Å²) in [5.74, 6) is -0.863. The molecule has 9 heteroatoms. The van der Waals surface area contributed by atoms with E-state index in [0.29, 0.717) is 13.1 Å². The molecule has 2 aromatic carbocycles. The van der Waals surface area contributed by atoms with Crippen LogP contribution in [-0.4, -0.2) is 50.3 Å². The summed E-state index contributed by atoms with van der Waals surface area (Å²) in [5, 5.41) is 1.93. The molecule has 0 bridgehead atoms. The number of ether oxygens (including phenoxy) is 1. The van der Waals surface area contributed by atoms with Gasteiger partial charge < -0.3 is 9.64 Å². The van der Waals surface area contributed by atoms with E-state index in [1.807, 2.05) is 47.8 Å². The van der Waals surface area contributed by atoms with Crippen LogP contribution in [0.25, 0.3) is 0 Å². The van der Waals surface area contributed by atoms with E-state index in [9.17, 15) is 17.6 Å². The van der Waals surface area contributed by atoms with Crippen LogP contribution in [0.3, 0.4) is 0 Å². The van der Waals surface area contributed by atoms with E-state index < -0.39 is 15.8 Å². The van der Waals surface area contributed by atoms with Crippen LogP contribution >= 0.6 is 11.3 Å². The second-order valence-corrected chi connectivity index (χ2v) is 10.1. The van der Waals surface area contributed by atoms with Crippen molar-refractivity contribution in [2.45, 2.75) is 18.0 Å². The van der Waals surface area contributed by atoms with E-state index in [1.54, 1.807) is 4.90 Å². The number of nitrogens with zero attached hydrogens (tertiary/aromatic N) is 2. The van der Waals surface area contributed by atoms with Crippen molar-refractivity contribution in [3.8, 4) is 0 Å². The molecule has 0 fully saturated rings. The molecule has 0 saturated heterocycles. The van der Waals surface area contributed by atoms with Gasteiger partial charge in [0.1, 0.15) is 5.82 Å². The summed E-state index contributed by atoms with van der Waals surface area (Å²) in [5.41, 5.74) is 0.947. The topological polar surface area (TPSA) is 66.9 Å². The van der Waals surface area contributed by atoms with Gasteiger partial charge in [0.15, 0.2) is 0 Å². The fraction of sp³-hybridized carbons (Fsp3) is 0.261. The highest BCUT2D eigenvalue weighted by atomic mass is 32.2. The number of hydrogen-bond acceptors (Lipinski definition) is 5. The third kappa shape index (κ3) is 6.46. The lowest BCUT2D eigenvalue weighted by Crippen LogP contribution is -2.43. The normalized spacial score (nSPS) is 11.6. The largest absolute Gasteiger partial charge is 0.383 e. The standard InChI is InChI=1S/C23H25FN2O4S2/c1-30-14-13-26(32(28,29)22-11-9-20(24)10-12-22)18-23(27)25(17-21-8-5-15-31-21)16-19-6-3-2-4-7-19/h2-12,15H,13-14,16-18H2,1H3. The molecule has 0 saturated carbocycles. The maximum absolute atomic E-state index is 13.3. The smallest absolute Gasteiger partial charge is 0.243 e. The van der Waals surface area contributed by atoms with Crippen LogP contribution in [0.15, 0.2) is 77.0 Å². The van der Waals surface area contributed by atoms with E-state index in [0.717, 1.165) is 26.9 Å². The minimum absolute atomic E-state index is 0.000128. The lowest BCUT2D eigenvalue weighted by molar-refractivity contribution is -0.132. The minimum Gasteiger partial charge on any atom is -0.383 e. The Morgan fingerprint density at radius 2 is 1.72 bits per heavy atom. The van der Waals surface area contributed by atoms with E-state index >= 15 is 0 Å². The molecule has 3 rings (SSSR count). The summed E-state index contributed by atoms with van der Waals surface area (Å²) in [6, 6.07) is 18.0. The molecule has 32 heavy (non-hydrogen) atoms. The van der Waals surface area contributed by atoms with E-state index in [-0.39, 0.29) is 30.5 Å². The lowest BCUT2D eigenvalue weighted by atomic mass is 10.2. The van der Waals surface area contributed by atoms with Crippen LogP contribution < -0.4 is 0 Å². The number of thiophene rings is 1. The van der Waals surface area contributed by atoms with Crippen molar-refractivity contribution in [3.05, 3.63) is 88.4 Å². The highest BCUT2D eigenvalue weighted by Gasteiger charge is 2.28. The van der Waals surface area contributed by atoms with Gasteiger partial charge in [-0.1, -0.05) is 36.4 Å². The van der Waals surface area contributed by atoms with Gasteiger partial charge in [0.05, 0.1) is 24.6 Å². The Morgan fingerprint density at radius 1 is 1.00 bits per heavy atom. The molecular formula is C23H25FN2O4S2. The van der Waals surface area contributed by atoms with Gasteiger partial charge in [-0.3, -0.25) is 4.79 Å². The zero-order valence-electron chi connectivity index (χ0n) is 17.7. The Hall–Kier alpha value is -2.59. The second kappa shape index (κ2) is 11.3. The molecule has 0 atom stereocenters. The van der Waals surface area contributed by atoms with E-state index in [4.69, 9.17) is 4.74 Å². The Bertz CT molecular complexity index is 1090. The van der Waals surface area contributed by atoms with Crippen molar-refractivity contribution in [3.63, 3.8) is 0 Å². The van der Waals surface area contributed by atoms with E-state index in [2.05, 4.69) is 0 Å². The van der Waals surface area contributed by atoms with Gasteiger partial charge >= 0.3 is 0 Å². The number of rotatable bonds is 11. The molecule has 1 aromatic heterocycles. The number of carbonyl (C=O) groups is 1. The van der Waals surface area contributed by atoms with Gasteiger partial charge in [-0.2, -0.15) is 4.31 Å². The van der Waals surface area contributed by atoms with Crippen LogP contribution in [0, 0.1) is 5.82 Å². The first kappa shape index (κ1) is 24.1. The molecule has 0 radical (unpaired) electrons. The summed E-state index contributed by atoms with van der Waals surface area (Å²) < 4.78 is 45.8. The van der Waals surface area contributed by atoms with Gasteiger partial charge in [0.25, 0.3) is 0 Å². The molecule has 0 unspecified atom stereocenters. The zero-order chi connectivity index (χ0) is 23.0. The average Bonchev–Trinajstić information content (AvgIpc) is 3.30. The van der Waals surface area contributed by atoms with E-state index in [1.165, 1.54) is 30.6 Å². The molecule has 170 valence electrons. The first-order valence-electron chi connectivity index (χ1n) is 9.99. The SMILES string of the molecule is COCCN(CC(=O)N(Cc1ccccc1)Cc1cccs1)S(=O)(=O)c1ccc(F)cc1. The Kier molecular flexibility index (Phi) is 8.52. The molecule has 0 aliphatic carbocycles. The fourth-order valence-corrected chi connectivity index (χ4v) is 5.20. The van der Waals surface area contributed by atoms with Gasteiger partial charge in [-0.05, 0) is 41.3 Å². The number of methoxy groups -OCH3 is 1. The third-order valence-corrected chi connectivity index (χ3v) is 7.52. The Morgan fingerprint density at radius 3 is 2.34 bits per heavy atom. The number of sulfonamides is 1. The summed E-state index contributed by atoms with van der Waals surface area (Å²) in [6.45, 7) is 0.505. The first-order valence-corrected chi connectivity index (χ1v) is 12.3. The Labute approximate surface area is 191 Å². The predicted octanol–water partition coefficient (Wildman–Crippen LogP) is 3.75. The first-order chi connectivity index (χ1) is 15.4. The molecule has 6 nitrogen and oxygen atoms in total. The molecule has 0 aliphatic rings. The van der Waals surface area contributed by atoms with Gasteiger partial charge in [0, 0.05) is 25.1 Å². The summed E-state index contributed by atoms with van der Waals surface area (Å²) in [7, 11) is -2.55. The summed E-state index contributed by atoms with van der Waals surface area (Å²) in [6.07, 6.45) is 0. The lowest BCUT2D eigenvalue weighted by Gasteiger charge is -2.27. The van der Waals surface area contributed by atoms with Gasteiger partial charge in [0.2, 0.25) is 15.9 Å².